The fourth-order valence-corrected chi connectivity index (χ4v) is 2.27. The maximum Gasteiger partial charge on any atom is 0.129 e. The molecule has 0 aliphatic rings. The Bertz CT molecular complexity index is 575. The summed E-state index contributed by atoms with van der Waals surface area (Å²) in [6, 6.07) is 3.75. The van der Waals surface area contributed by atoms with Crippen molar-refractivity contribution in [3.63, 3.8) is 0 Å². The highest BCUT2D eigenvalue weighted by Gasteiger charge is 2.11. The van der Waals surface area contributed by atoms with E-state index >= 15 is 0 Å². The highest BCUT2D eigenvalue weighted by molar-refractivity contribution is 6.29. The lowest BCUT2D eigenvalue weighted by Gasteiger charge is -2.10. The van der Waals surface area contributed by atoms with Gasteiger partial charge in [-0.05, 0) is 25.0 Å². The molecule has 0 saturated carbocycles. The second-order valence-electron chi connectivity index (χ2n) is 4.99. The van der Waals surface area contributed by atoms with Crippen molar-refractivity contribution in [1.29, 1.82) is 0 Å². The van der Waals surface area contributed by atoms with Gasteiger partial charge in [0.1, 0.15) is 5.15 Å². The van der Waals surface area contributed by atoms with Crippen molar-refractivity contribution < 1.29 is 0 Å². The third kappa shape index (κ3) is 3.26. The number of pyridine rings is 1. The van der Waals surface area contributed by atoms with Crippen molar-refractivity contribution in [3.8, 4) is 0 Å². The Balaban J connectivity index is 2.14. The Morgan fingerprint density at radius 2 is 2.11 bits per heavy atom. The van der Waals surface area contributed by atoms with Crippen LogP contribution in [0.25, 0.3) is 0 Å². The molecule has 2 aromatic rings. The maximum absolute atomic E-state index is 5.85. The first kappa shape index (κ1) is 13.9. The lowest BCUT2D eigenvalue weighted by atomic mass is 10.1. The fourth-order valence-electron chi connectivity index (χ4n) is 2.08. The molecule has 0 bridgehead atoms. The molecular formula is C14H19ClN4. The van der Waals surface area contributed by atoms with Gasteiger partial charge in [0, 0.05) is 25.4 Å². The largest absolute Gasteiger partial charge is 0.379 e. The number of aryl methyl sites for hydroxylation is 2. The minimum atomic E-state index is 0.419. The molecule has 5 heteroatoms. The molecule has 0 fully saturated rings. The van der Waals surface area contributed by atoms with Crippen molar-refractivity contribution >= 4 is 17.3 Å². The topological polar surface area (TPSA) is 42.7 Å². The van der Waals surface area contributed by atoms with Crippen LogP contribution in [-0.2, 0) is 13.6 Å². The average Bonchev–Trinajstić information content (AvgIpc) is 2.69. The monoisotopic (exact) mass is 278 g/mol. The second-order valence-corrected chi connectivity index (χ2v) is 5.38. The quantitative estimate of drug-likeness (QED) is 0.870. The van der Waals surface area contributed by atoms with Crippen LogP contribution in [0, 0.1) is 6.92 Å². The Morgan fingerprint density at radius 3 is 2.74 bits per heavy atom. The first-order chi connectivity index (χ1) is 8.97. The minimum Gasteiger partial charge on any atom is -0.379 e. The van der Waals surface area contributed by atoms with Crippen LogP contribution >= 0.6 is 11.6 Å². The smallest absolute Gasteiger partial charge is 0.129 e. The fraction of sp³-hybridized carbons (Fsp3) is 0.429. The zero-order valence-corrected chi connectivity index (χ0v) is 12.5. The summed E-state index contributed by atoms with van der Waals surface area (Å²) in [5, 5.41) is 8.41. The molecule has 0 saturated heterocycles. The van der Waals surface area contributed by atoms with E-state index in [1.54, 1.807) is 6.07 Å². The number of hydrogen-bond acceptors (Lipinski definition) is 3. The molecule has 2 heterocycles. The number of nitrogens with zero attached hydrogens (tertiary/aromatic N) is 3. The van der Waals surface area contributed by atoms with Gasteiger partial charge in [0.05, 0.1) is 17.1 Å². The van der Waals surface area contributed by atoms with E-state index in [9.17, 15) is 0 Å². The molecule has 0 unspecified atom stereocenters. The first-order valence-corrected chi connectivity index (χ1v) is 6.74. The lowest BCUT2D eigenvalue weighted by Crippen LogP contribution is -2.04. The highest BCUT2D eigenvalue weighted by Crippen LogP contribution is 2.20. The average molecular weight is 279 g/mol. The van der Waals surface area contributed by atoms with Gasteiger partial charge in [0.25, 0.3) is 0 Å². The van der Waals surface area contributed by atoms with Crippen LogP contribution in [0.2, 0.25) is 5.15 Å². The van der Waals surface area contributed by atoms with Gasteiger partial charge in [-0.2, -0.15) is 5.10 Å². The Labute approximate surface area is 118 Å². The predicted octanol–water partition coefficient (Wildman–Crippen LogP) is 3.51. The van der Waals surface area contributed by atoms with Gasteiger partial charge < -0.3 is 5.32 Å². The summed E-state index contributed by atoms with van der Waals surface area (Å²) in [4.78, 5) is 4.23. The molecule has 0 atom stereocenters. The number of nitrogens with one attached hydrogen (secondary N) is 1. The molecule has 0 aromatic carbocycles. The van der Waals surface area contributed by atoms with Gasteiger partial charge in [0.2, 0.25) is 0 Å². The molecule has 2 rings (SSSR count). The summed E-state index contributed by atoms with van der Waals surface area (Å²) in [5.41, 5.74) is 4.26. The Morgan fingerprint density at radius 1 is 1.37 bits per heavy atom. The number of aromatic nitrogens is 3. The van der Waals surface area contributed by atoms with E-state index < -0.39 is 0 Å². The molecule has 0 aliphatic carbocycles. The summed E-state index contributed by atoms with van der Waals surface area (Å²) in [5.74, 6) is 0.419. The highest BCUT2D eigenvalue weighted by atomic mass is 35.5. The summed E-state index contributed by atoms with van der Waals surface area (Å²) in [6.45, 7) is 6.99. The number of anilines is 1. The van der Waals surface area contributed by atoms with Gasteiger partial charge in [-0.15, -0.1) is 0 Å². The summed E-state index contributed by atoms with van der Waals surface area (Å²) >= 11 is 5.85. The third-order valence-electron chi connectivity index (χ3n) is 3.01. The van der Waals surface area contributed by atoms with Crippen molar-refractivity contribution in [2.24, 2.45) is 7.05 Å². The molecule has 4 nitrogen and oxygen atoms in total. The van der Waals surface area contributed by atoms with Crippen molar-refractivity contribution in [3.05, 3.63) is 40.4 Å². The summed E-state index contributed by atoms with van der Waals surface area (Å²) in [7, 11) is 1.95. The van der Waals surface area contributed by atoms with E-state index in [-0.39, 0.29) is 0 Å². The molecule has 102 valence electrons. The van der Waals surface area contributed by atoms with E-state index in [0.717, 1.165) is 23.6 Å². The number of rotatable bonds is 4. The van der Waals surface area contributed by atoms with E-state index in [1.807, 2.05) is 24.7 Å². The molecule has 2 aromatic heterocycles. The number of halogens is 1. The van der Waals surface area contributed by atoms with Crippen LogP contribution in [0.15, 0.2) is 18.3 Å². The van der Waals surface area contributed by atoms with Crippen molar-refractivity contribution in [2.75, 3.05) is 5.32 Å². The van der Waals surface area contributed by atoms with E-state index in [2.05, 4.69) is 35.4 Å². The van der Waals surface area contributed by atoms with Crippen LogP contribution < -0.4 is 5.32 Å². The van der Waals surface area contributed by atoms with Gasteiger partial charge >= 0.3 is 0 Å². The number of hydrogen-bond donors (Lipinski definition) is 1. The Kier molecular flexibility index (Phi) is 4.10. The maximum atomic E-state index is 5.85. The van der Waals surface area contributed by atoms with Gasteiger partial charge in [-0.3, -0.25) is 4.68 Å². The van der Waals surface area contributed by atoms with Gasteiger partial charge in [0.15, 0.2) is 0 Å². The van der Waals surface area contributed by atoms with E-state index in [4.69, 9.17) is 11.6 Å². The van der Waals surface area contributed by atoms with Gasteiger partial charge in [-0.1, -0.05) is 25.4 Å². The lowest BCUT2D eigenvalue weighted by molar-refractivity contribution is 0.712. The normalized spacial score (nSPS) is 11.1. The summed E-state index contributed by atoms with van der Waals surface area (Å²) < 4.78 is 1.86. The van der Waals surface area contributed by atoms with Gasteiger partial charge in [-0.25, -0.2) is 4.98 Å². The summed E-state index contributed by atoms with van der Waals surface area (Å²) in [6.07, 6.45) is 2.06. The van der Waals surface area contributed by atoms with Crippen LogP contribution in [0.3, 0.4) is 0 Å². The van der Waals surface area contributed by atoms with Crippen LogP contribution in [0.1, 0.15) is 36.7 Å². The van der Waals surface area contributed by atoms with E-state index in [1.165, 1.54) is 5.56 Å². The Hall–Kier alpha value is -1.55. The van der Waals surface area contributed by atoms with Crippen LogP contribution in [0.4, 0.5) is 5.69 Å². The zero-order valence-electron chi connectivity index (χ0n) is 11.7. The molecular weight excluding hydrogens is 260 g/mol. The molecule has 0 radical (unpaired) electrons. The van der Waals surface area contributed by atoms with Crippen LogP contribution in [0.5, 0.6) is 0 Å². The van der Waals surface area contributed by atoms with E-state index in [0.29, 0.717) is 11.1 Å². The van der Waals surface area contributed by atoms with Crippen molar-refractivity contribution in [2.45, 2.75) is 33.2 Å². The molecule has 0 amide bonds. The second kappa shape index (κ2) is 5.61. The van der Waals surface area contributed by atoms with Crippen molar-refractivity contribution in [1.82, 2.24) is 14.8 Å². The third-order valence-corrected chi connectivity index (χ3v) is 3.22. The van der Waals surface area contributed by atoms with Crippen LogP contribution in [-0.4, -0.2) is 14.8 Å². The standard InChI is InChI=1S/C14H19ClN4/c1-9(2)14-11(8-19(4)18-14)7-16-12-5-6-13(15)17-10(12)3/h5-6,8-9,16H,7H2,1-4H3. The minimum absolute atomic E-state index is 0.419. The zero-order chi connectivity index (χ0) is 14.0. The molecule has 0 aliphatic heterocycles. The molecule has 1 N–H and O–H groups in total. The SMILES string of the molecule is Cc1nc(Cl)ccc1NCc1cn(C)nc1C(C)C. The molecule has 19 heavy (non-hydrogen) atoms. The predicted molar refractivity (Wildman–Crippen MR) is 78.6 cm³/mol. The molecule has 0 spiro atoms. The first-order valence-electron chi connectivity index (χ1n) is 6.37.